The number of methoxy groups -OCH3 is 1. The van der Waals surface area contributed by atoms with E-state index >= 15 is 0 Å². The summed E-state index contributed by atoms with van der Waals surface area (Å²) in [6, 6.07) is 18.7. The summed E-state index contributed by atoms with van der Waals surface area (Å²) in [4.78, 5) is 13.1. The molecule has 1 aliphatic rings. The lowest BCUT2D eigenvalue weighted by atomic mass is 10.2. The van der Waals surface area contributed by atoms with Crippen LogP contribution in [-0.4, -0.2) is 53.8 Å². The number of hydrogen-bond donors (Lipinski definition) is 1. The van der Waals surface area contributed by atoms with E-state index in [0.29, 0.717) is 18.8 Å². The van der Waals surface area contributed by atoms with E-state index in [1.807, 2.05) is 0 Å². The van der Waals surface area contributed by atoms with Gasteiger partial charge in [-0.2, -0.15) is 4.31 Å². The van der Waals surface area contributed by atoms with Gasteiger partial charge in [-0.15, -0.1) is 0 Å². The summed E-state index contributed by atoms with van der Waals surface area (Å²) in [6.45, 7) is 2.93. The third kappa shape index (κ3) is 5.48. The van der Waals surface area contributed by atoms with E-state index in [9.17, 15) is 21.6 Å². The predicted molar refractivity (Wildman–Crippen MR) is 142 cm³/mol. The minimum Gasteiger partial charge on any atom is -0.495 e. The van der Waals surface area contributed by atoms with Crippen molar-refractivity contribution in [2.45, 2.75) is 29.6 Å². The fraction of sp³-hybridized carbons (Fsp3) is 0.269. The lowest BCUT2D eigenvalue weighted by molar-refractivity contribution is 0.102. The van der Waals surface area contributed by atoms with Gasteiger partial charge in [0.05, 0.1) is 28.3 Å². The van der Waals surface area contributed by atoms with Gasteiger partial charge in [-0.25, -0.2) is 16.8 Å². The number of rotatable bonds is 9. The molecule has 1 heterocycles. The van der Waals surface area contributed by atoms with Gasteiger partial charge in [-0.3, -0.25) is 9.10 Å². The van der Waals surface area contributed by atoms with Crippen LogP contribution in [0.1, 0.15) is 30.1 Å². The molecule has 9 nitrogen and oxygen atoms in total. The number of hydrogen-bond acceptors (Lipinski definition) is 6. The van der Waals surface area contributed by atoms with E-state index in [1.54, 1.807) is 37.3 Å². The summed E-state index contributed by atoms with van der Waals surface area (Å²) in [5.74, 6) is -0.253. The number of nitrogens with one attached hydrogen (secondary N) is 1. The number of ether oxygens (including phenoxy) is 1. The number of para-hydroxylation sites is 1. The molecule has 0 aromatic heterocycles. The zero-order valence-electron chi connectivity index (χ0n) is 20.6. The topological polar surface area (TPSA) is 113 Å². The van der Waals surface area contributed by atoms with E-state index < -0.39 is 26.0 Å². The summed E-state index contributed by atoms with van der Waals surface area (Å²) in [7, 11) is -6.11. The quantitative estimate of drug-likeness (QED) is 0.437. The molecule has 11 heteroatoms. The molecule has 1 amide bonds. The molecule has 1 N–H and O–H groups in total. The van der Waals surface area contributed by atoms with Crippen molar-refractivity contribution < 1.29 is 26.4 Å². The van der Waals surface area contributed by atoms with Crippen LogP contribution in [0.3, 0.4) is 0 Å². The van der Waals surface area contributed by atoms with Crippen LogP contribution in [0.4, 0.5) is 11.4 Å². The molecule has 0 unspecified atom stereocenters. The minimum absolute atomic E-state index is 0.0126. The number of amides is 1. The normalized spacial score (nSPS) is 14.3. The summed E-state index contributed by atoms with van der Waals surface area (Å²) in [5.41, 5.74) is 0.914. The second kappa shape index (κ2) is 10.9. The Labute approximate surface area is 217 Å². The number of carbonyl (C=O) groups excluding carboxylic acids is 1. The van der Waals surface area contributed by atoms with Gasteiger partial charge in [-0.05, 0) is 74.4 Å². The van der Waals surface area contributed by atoms with Crippen molar-refractivity contribution in [1.29, 1.82) is 0 Å². The van der Waals surface area contributed by atoms with E-state index in [-0.39, 0.29) is 33.3 Å². The molecule has 0 saturated carbocycles. The fourth-order valence-electron chi connectivity index (χ4n) is 4.21. The van der Waals surface area contributed by atoms with Crippen molar-refractivity contribution >= 4 is 37.3 Å². The summed E-state index contributed by atoms with van der Waals surface area (Å²) < 4.78 is 60.4. The van der Waals surface area contributed by atoms with Gasteiger partial charge in [0.25, 0.3) is 15.9 Å². The lowest BCUT2D eigenvalue weighted by Crippen LogP contribution is -2.30. The van der Waals surface area contributed by atoms with Gasteiger partial charge in [0.15, 0.2) is 0 Å². The maximum atomic E-state index is 13.4. The zero-order valence-corrected chi connectivity index (χ0v) is 22.3. The maximum absolute atomic E-state index is 13.4. The average Bonchev–Trinajstić information content (AvgIpc) is 3.46. The average molecular weight is 544 g/mol. The number of nitrogens with zero attached hydrogens (tertiary/aromatic N) is 2. The third-order valence-corrected chi connectivity index (χ3v) is 9.97. The Morgan fingerprint density at radius 3 is 2.14 bits per heavy atom. The van der Waals surface area contributed by atoms with Gasteiger partial charge >= 0.3 is 0 Å². The van der Waals surface area contributed by atoms with Crippen molar-refractivity contribution in [2.75, 3.05) is 36.4 Å². The molecule has 1 saturated heterocycles. The molecule has 3 aromatic carbocycles. The molecule has 0 radical (unpaired) electrons. The van der Waals surface area contributed by atoms with Crippen LogP contribution < -0.4 is 14.4 Å². The zero-order chi connectivity index (χ0) is 26.6. The van der Waals surface area contributed by atoms with E-state index in [0.717, 1.165) is 12.8 Å². The van der Waals surface area contributed by atoms with E-state index in [2.05, 4.69) is 5.32 Å². The summed E-state index contributed by atoms with van der Waals surface area (Å²) in [5, 5.41) is 2.69. The van der Waals surface area contributed by atoms with Crippen molar-refractivity contribution in [3.8, 4) is 5.75 Å². The Morgan fingerprint density at radius 1 is 0.919 bits per heavy atom. The second-order valence-electron chi connectivity index (χ2n) is 8.46. The van der Waals surface area contributed by atoms with Gasteiger partial charge in [0.2, 0.25) is 10.0 Å². The summed E-state index contributed by atoms with van der Waals surface area (Å²) in [6.07, 6.45) is 1.66. The molecule has 0 aliphatic carbocycles. The molecule has 196 valence electrons. The predicted octanol–water partition coefficient (Wildman–Crippen LogP) is 3.95. The fourth-order valence-corrected chi connectivity index (χ4v) is 7.23. The van der Waals surface area contributed by atoms with Gasteiger partial charge < -0.3 is 10.1 Å². The lowest BCUT2D eigenvalue weighted by Gasteiger charge is -2.23. The highest BCUT2D eigenvalue weighted by Gasteiger charge is 2.28. The van der Waals surface area contributed by atoms with Crippen LogP contribution in [0.25, 0.3) is 0 Å². The molecule has 4 rings (SSSR count). The van der Waals surface area contributed by atoms with Crippen molar-refractivity contribution in [2.24, 2.45) is 0 Å². The molecular formula is C26H29N3O6S2. The highest BCUT2D eigenvalue weighted by atomic mass is 32.2. The van der Waals surface area contributed by atoms with Gasteiger partial charge in [0, 0.05) is 25.2 Å². The smallest absolute Gasteiger partial charge is 0.264 e. The van der Waals surface area contributed by atoms with Crippen molar-refractivity contribution in [1.82, 2.24) is 4.31 Å². The van der Waals surface area contributed by atoms with Gasteiger partial charge in [-0.1, -0.05) is 18.2 Å². The number of carbonyl (C=O) groups is 1. The van der Waals surface area contributed by atoms with E-state index in [4.69, 9.17) is 4.74 Å². The van der Waals surface area contributed by atoms with E-state index in [1.165, 1.54) is 58.2 Å². The Morgan fingerprint density at radius 2 is 1.54 bits per heavy atom. The van der Waals surface area contributed by atoms with Crippen molar-refractivity contribution in [3.05, 3.63) is 78.4 Å². The standard InChI is InChI=1S/C26H29N3O6S2/c1-3-29(21-9-5-4-6-10-21)37(33,34)23-15-16-25(35-2)24(19-23)27-26(30)20-11-13-22(14-12-20)36(31,32)28-17-7-8-18-28/h4-6,9-16,19H,3,7-8,17-18H2,1-2H3,(H,27,30). The minimum atomic E-state index is -3.93. The SMILES string of the molecule is CCN(c1ccccc1)S(=O)(=O)c1ccc(OC)c(NC(=O)c2ccc(S(=O)(=O)N3CCCC3)cc2)c1. The third-order valence-electron chi connectivity index (χ3n) is 6.16. The molecule has 0 atom stereocenters. The Kier molecular flexibility index (Phi) is 7.86. The molecule has 1 fully saturated rings. The Hall–Kier alpha value is -3.41. The Bertz CT molecular complexity index is 1470. The summed E-state index contributed by atoms with van der Waals surface area (Å²) >= 11 is 0. The molecule has 0 bridgehead atoms. The highest BCUT2D eigenvalue weighted by Crippen LogP contribution is 2.31. The number of sulfonamides is 2. The Balaban J connectivity index is 1.59. The van der Waals surface area contributed by atoms with Crippen LogP contribution in [0.15, 0.2) is 82.6 Å². The molecular weight excluding hydrogens is 514 g/mol. The molecule has 1 aliphatic heterocycles. The van der Waals surface area contributed by atoms with Crippen LogP contribution in [-0.2, 0) is 20.0 Å². The first-order valence-corrected chi connectivity index (χ1v) is 14.7. The molecule has 3 aromatic rings. The van der Waals surface area contributed by atoms with Crippen LogP contribution in [0, 0.1) is 0 Å². The first-order valence-electron chi connectivity index (χ1n) is 11.9. The second-order valence-corrected chi connectivity index (χ2v) is 12.3. The highest BCUT2D eigenvalue weighted by molar-refractivity contribution is 7.92. The number of benzene rings is 3. The maximum Gasteiger partial charge on any atom is 0.264 e. The van der Waals surface area contributed by atoms with Gasteiger partial charge in [0.1, 0.15) is 5.75 Å². The monoisotopic (exact) mass is 543 g/mol. The van der Waals surface area contributed by atoms with Crippen LogP contribution in [0.2, 0.25) is 0 Å². The molecule has 0 spiro atoms. The largest absolute Gasteiger partial charge is 0.495 e. The first kappa shape index (κ1) is 26.6. The molecule has 37 heavy (non-hydrogen) atoms. The number of anilines is 2. The van der Waals surface area contributed by atoms with Crippen molar-refractivity contribution in [3.63, 3.8) is 0 Å². The van der Waals surface area contributed by atoms with Crippen LogP contribution >= 0.6 is 0 Å². The first-order chi connectivity index (χ1) is 17.7. The van der Waals surface area contributed by atoms with Crippen LogP contribution in [0.5, 0.6) is 5.75 Å².